The van der Waals surface area contributed by atoms with Crippen molar-refractivity contribution >= 4 is 18.9 Å². The van der Waals surface area contributed by atoms with Crippen molar-refractivity contribution in [3.05, 3.63) is 0 Å². The van der Waals surface area contributed by atoms with Crippen molar-refractivity contribution < 1.29 is 49.7 Å². The normalized spacial score (nSPS) is 0. The van der Waals surface area contributed by atoms with E-state index < -0.39 is 0 Å². The molecule has 0 aromatic rings. The molecule has 0 amide bonds. The minimum Gasteiger partial charge on any atom is -2.00 e. The van der Waals surface area contributed by atoms with Crippen LogP contribution < -0.4 is 0 Å². The van der Waals surface area contributed by atoms with Crippen molar-refractivity contribution in [1.29, 1.82) is 0 Å². The minimum absolute atomic E-state index is 0. The summed E-state index contributed by atoms with van der Waals surface area (Å²) >= 11 is 0. The average Bonchev–Trinajstić information content (AvgIpc) is 0. The van der Waals surface area contributed by atoms with Gasteiger partial charge in [-0.3, -0.25) is 0 Å². The summed E-state index contributed by atoms with van der Waals surface area (Å²) in [6.07, 6.45) is 0. The zero-order chi connectivity index (χ0) is 0. The van der Waals surface area contributed by atoms with E-state index in [4.69, 9.17) is 0 Å². The first kappa shape index (κ1) is 72.8. The molecule has 1 radical (unpaired) electrons. The van der Waals surface area contributed by atoms with Gasteiger partial charge in [-0.05, 0) is 0 Å². The SMILES string of the molecule is [Cu].[LiH].[O-2].[O-2].[Ti+4]. The summed E-state index contributed by atoms with van der Waals surface area (Å²) in [6.45, 7) is 0. The predicted octanol–water partition coefficient (Wildman–Crippen LogP) is -0.891. The third-order valence-electron chi connectivity index (χ3n) is 0. The Kier molecular flexibility index (Phi) is 617. The van der Waals surface area contributed by atoms with Gasteiger partial charge in [-0.25, -0.2) is 0 Å². The molecule has 0 fully saturated rings. The van der Waals surface area contributed by atoms with Crippen LogP contribution in [0.4, 0.5) is 0 Å². The fourth-order valence-electron chi connectivity index (χ4n) is 0. The summed E-state index contributed by atoms with van der Waals surface area (Å²) in [4.78, 5) is 0. The molecule has 0 N–H and O–H groups in total. The molecule has 0 unspecified atom stereocenters. The molecule has 0 aliphatic rings. The summed E-state index contributed by atoms with van der Waals surface area (Å²) in [7, 11) is 0. The quantitative estimate of drug-likeness (QED) is 0.403. The van der Waals surface area contributed by atoms with E-state index in [0.29, 0.717) is 0 Å². The molecular formula is HCuLiO2Ti. The van der Waals surface area contributed by atoms with E-state index in [-0.39, 0.29) is 68.6 Å². The van der Waals surface area contributed by atoms with E-state index in [0.717, 1.165) is 0 Å². The van der Waals surface area contributed by atoms with Crippen molar-refractivity contribution in [2.24, 2.45) is 0 Å². The second-order valence-corrected chi connectivity index (χ2v) is 0. The maximum atomic E-state index is 0. The Labute approximate surface area is 68.2 Å². The molecule has 0 atom stereocenters. The monoisotopic (exact) mass is 151 g/mol. The molecule has 5 heavy (non-hydrogen) atoms. The Hall–Kier alpha value is 1.75. The van der Waals surface area contributed by atoms with Gasteiger partial charge in [0.25, 0.3) is 0 Å². The second kappa shape index (κ2) is 42.3. The molecule has 2 nitrogen and oxygen atoms in total. The third kappa shape index (κ3) is 26.4. The zero-order valence-electron chi connectivity index (χ0n) is 1.62. The maximum absolute atomic E-state index is 0. The van der Waals surface area contributed by atoms with Crippen LogP contribution in [0.25, 0.3) is 0 Å². The van der Waals surface area contributed by atoms with Crippen LogP contribution in [0.5, 0.6) is 0 Å². The van der Waals surface area contributed by atoms with Crippen LogP contribution in [-0.4, -0.2) is 18.9 Å². The van der Waals surface area contributed by atoms with Crippen molar-refractivity contribution in [2.75, 3.05) is 0 Å². The van der Waals surface area contributed by atoms with Crippen LogP contribution >= 0.6 is 0 Å². The molecule has 29 valence electrons. The Balaban J connectivity index is 0. The van der Waals surface area contributed by atoms with Crippen LogP contribution in [0.1, 0.15) is 0 Å². The van der Waals surface area contributed by atoms with Crippen molar-refractivity contribution in [1.82, 2.24) is 0 Å². The molecule has 0 saturated carbocycles. The third-order valence-corrected chi connectivity index (χ3v) is 0. The molecule has 0 bridgehead atoms. The minimum atomic E-state index is 0. The van der Waals surface area contributed by atoms with Gasteiger partial charge in [-0.2, -0.15) is 0 Å². The van der Waals surface area contributed by atoms with Crippen molar-refractivity contribution in [3.63, 3.8) is 0 Å². The van der Waals surface area contributed by atoms with Crippen LogP contribution in [0.3, 0.4) is 0 Å². The largest absolute Gasteiger partial charge is 4.00 e. The fourth-order valence-corrected chi connectivity index (χ4v) is 0. The molecular weight excluding hydrogens is 150 g/mol. The smallest absolute Gasteiger partial charge is 2.00 e. The summed E-state index contributed by atoms with van der Waals surface area (Å²) in [6, 6.07) is 0. The van der Waals surface area contributed by atoms with Gasteiger partial charge in [-0.1, -0.05) is 0 Å². The van der Waals surface area contributed by atoms with Gasteiger partial charge in [0.1, 0.15) is 0 Å². The van der Waals surface area contributed by atoms with E-state index >= 15 is 0 Å². The molecule has 0 saturated heterocycles. The first-order valence-corrected chi connectivity index (χ1v) is 0. The summed E-state index contributed by atoms with van der Waals surface area (Å²) in [5.41, 5.74) is 0. The Morgan fingerprint density at radius 3 is 0.800 bits per heavy atom. The van der Waals surface area contributed by atoms with Crippen LogP contribution in [0.15, 0.2) is 0 Å². The van der Waals surface area contributed by atoms with E-state index in [1.807, 2.05) is 0 Å². The van der Waals surface area contributed by atoms with E-state index in [1.54, 1.807) is 0 Å². The predicted molar refractivity (Wildman–Crippen MR) is 8.52 cm³/mol. The Morgan fingerprint density at radius 1 is 0.800 bits per heavy atom. The molecule has 0 aliphatic heterocycles. The Bertz CT molecular complexity index is 9.61. The molecule has 0 aromatic carbocycles. The van der Waals surface area contributed by atoms with Crippen LogP contribution in [-0.2, 0) is 49.7 Å². The van der Waals surface area contributed by atoms with Gasteiger partial charge in [0.05, 0.1) is 0 Å². The number of hydrogen-bond donors (Lipinski definition) is 0. The first-order chi connectivity index (χ1) is 0. The maximum Gasteiger partial charge on any atom is 4.00 e. The Morgan fingerprint density at radius 2 is 0.800 bits per heavy atom. The van der Waals surface area contributed by atoms with E-state index in [1.165, 1.54) is 0 Å². The first-order valence-electron chi connectivity index (χ1n) is 0. The van der Waals surface area contributed by atoms with Gasteiger partial charge >= 0.3 is 40.6 Å². The van der Waals surface area contributed by atoms with Gasteiger partial charge < -0.3 is 11.0 Å². The number of rotatable bonds is 0. The molecule has 0 rings (SSSR count). The molecule has 0 aliphatic carbocycles. The standard InChI is InChI=1S/Cu.Li.2O.Ti.H/q;;2*-2;+4;. The van der Waals surface area contributed by atoms with Gasteiger partial charge in [0.2, 0.25) is 0 Å². The molecule has 5 heteroatoms. The second-order valence-electron chi connectivity index (χ2n) is 0. The summed E-state index contributed by atoms with van der Waals surface area (Å²) < 4.78 is 0. The molecule has 0 aromatic heterocycles. The average molecular weight is 151 g/mol. The number of hydrogen-bond acceptors (Lipinski definition) is 0. The van der Waals surface area contributed by atoms with Crippen molar-refractivity contribution in [2.45, 2.75) is 0 Å². The molecule has 0 spiro atoms. The van der Waals surface area contributed by atoms with E-state index in [9.17, 15) is 0 Å². The van der Waals surface area contributed by atoms with Gasteiger partial charge in [0.15, 0.2) is 0 Å². The summed E-state index contributed by atoms with van der Waals surface area (Å²) in [5.74, 6) is 0. The zero-order valence-corrected chi connectivity index (χ0v) is 4.12. The van der Waals surface area contributed by atoms with Crippen molar-refractivity contribution in [3.8, 4) is 0 Å². The fraction of sp³-hybridized carbons (Fsp3) is 0. The topological polar surface area (TPSA) is 57.0 Å². The summed E-state index contributed by atoms with van der Waals surface area (Å²) in [5, 5.41) is 0. The van der Waals surface area contributed by atoms with Gasteiger partial charge in [-0.15, -0.1) is 0 Å². The van der Waals surface area contributed by atoms with Crippen LogP contribution in [0, 0.1) is 0 Å². The van der Waals surface area contributed by atoms with E-state index in [2.05, 4.69) is 0 Å². The molecule has 0 heterocycles. The van der Waals surface area contributed by atoms with Gasteiger partial charge in [0, 0.05) is 17.1 Å². The van der Waals surface area contributed by atoms with Crippen LogP contribution in [0.2, 0.25) is 0 Å².